The van der Waals surface area contributed by atoms with E-state index in [0.29, 0.717) is 52.4 Å². The molecule has 10 heteroatoms. The van der Waals surface area contributed by atoms with Crippen LogP contribution in [0.2, 0.25) is 0 Å². The average molecular weight is 1030 g/mol. The minimum Gasteiger partial charge on any atom is -0.494 e. The molecule has 0 bridgehead atoms. The van der Waals surface area contributed by atoms with Gasteiger partial charge in [-0.05, 0) is 171 Å². The number of ether oxygens (including phenoxy) is 6. The highest BCUT2D eigenvalue weighted by atomic mass is 16.5. The van der Waals surface area contributed by atoms with Crippen LogP contribution in [0.5, 0.6) is 34.5 Å². The van der Waals surface area contributed by atoms with Crippen LogP contribution in [0.4, 0.5) is 0 Å². The fourth-order valence-corrected chi connectivity index (χ4v) is 8.59. The van der Waals surface area contributed by atoms with Gasteiger partial charge in [-0.25, -0.2) is 19.2 Å². The number of benzene rings is 6. The molecule has 0 heterocycles. The van der Waals surface area contributed by atoms with Gasteiger partial charge in [0.1, 0.15) is 34.5 Å². The number of carbonyl (C=O) groups excluding carboxylic acids is 4. The van der Waals surface area contributed by atoms with Crippen LogP contribution in [0.3, 0.4) is 0 Å². The Kier molecular flexibility index (Phi) is 23.4. The lowest BCUT2D eigenvalue weighted by molar-refractivity contribution is -0.130. The number of rotatable bonds is 30. The van der Waals surface area contributed by atoms with Gasteiger partial charge >= 0.3 is 23.9 Å². The third-order valence-corrected chi connectivity index (χ3v) is 13.1. The van der Waals surface area contributed by atoms with Crippen molar-refractivity contribution < 1.29 is 47.6 Å². The summed E-state index contributed by atoms with van der Waals surface area (Å²) >= 11 is 0. The minimum atomic E-state index is -0.597. The largest absolute Gasteiger partial charge is 0.494 e. The van der Waals surface area contributed by atoms with E-state index >= 15 is 0 Å². The van der Waals surface area contributed by atoms with Crippen LogP contribution in [-0.4, -0.2) is 37.1 Å². The Balaban J connectivity index is 0.948. The number of esters is 4. The number of fused-ring (bicyclic) bond motifs is 1. The maximum Gasteiger partial charge on any atom is 0.343 e. The maximum atomic E-state index is 13.3. The SMILES string of the molecule is CCCCCCCCCCOc1ccc(/C=C(\C)C(=O)Oc2ccc(C(=O)Oc3ccc4ccc(OC(=O)c5ccc(OC(=O)/C(C)=C/c6ccc(OCCCCCCCCCC)cc6)c(C)c5)cc4c3)cc2C)cc1. The molecule has 10 nitrogen and oxygen atoms in total. The smallest absolute Gasteiger partial charge is 0.343 e. The zero-order valence-electron chi connectivity index (χ0n) is 45.5. The van der Waals surface area contributed by atoms with Gasteiger partial charge in [0.2, 0.25) is 0 Å². The molecule has 0 aliphatic rings. The Hall–Kier alpha value is -7.46. The van der Waals surface area contributed by atoms with Crippen molar-refractivity contribution in [2.45, 2.75) is 144 Å². The molecular weight excluding hydrogens is 953 g/mol. The van der Waals surface area contributed by atoms with Gasteiger partial charge in [-0.3, -0.25) is 0 Å². The molecule has 0 saturated heterocycles. The molecule has 0 aliphatic carbocycles. The average Bonchev–Trinajstić information content (AvgIpc) is 3.41. The highest BCUT2D eigenvalue weighted by Crippen LogP contribution is 2.29. The molecule has 0 radical (unpaired) electrons. The van der Waals surface area contributed by atoms with Crippen molar-refractivity contribution in [1.29, 1.82) is 0 Å². The summed E-state index contributed by atoms with van der Waals surface area (Å²) < 4.78 is 34.8. The van der Waals surface area contributed by atoms with E-state index in [-0.39, 0.29) is 22.6 Å². The van der Waals surface area contributed by atoms with Gasteiger partial charge in [0.05, 0.1) is 24.3 Å². The van der Waals surface area contributed by atoms with Crippen molar-refractivity contribution >= 4 is 46.8 Å². The second kappa shape index (κ2) is 30.8. The molecule has 0 atom stereocenters. The summed E-state index contributed by atoms with van der Waals surface area (Å²) in [6.45, 7) is 12.8. The summed E-state index contributed by atoms with van der Waals surface area (Å²) in [5.74, 6) is 0.619. The van der Waals surface area contributed by atoms with Crippen LogP contribution < -0.4 is 28.4 Å². The minimum absolute atomic E-state index is 0.274. The molecule has 0 fully saturated rings. The normalized spacial score (nSPS) is 11.6. The number of unbranched alkanes of at least 4 members (excludes halogenated alkanes) is 14. The fourth-order valence-electron chi connectivity index (χ4n) is 8.59. The molecule has 76 heavy (non-hydrogen) atoms. The Morgan fingerprint density at radius 3 is 1.11 bits per heavy atom. The standard InChI is InChI=1S/C66H76O10/c1-7-9-11-13-15-17-19-21-39-71-57-31-23-51(24-32-57)41-49(5)63(67)75-61-37-29-54(43-47(61)3)65(69)73-59-35-27-53-28-36-60(46-56(53)45-59)74-66(70)55-30-38-62(48(4)44-55)76-64(68)50(6)42-52-25-33-58(34-26-52)72-40-22-20-18-16-14-12-10-8-2/h23-38,41-46H,7-22,39-40H2,1-6H3/b49-41+,50-42+. The Bertz CT molecular complexity index is 2720. The molecule has 6 aromatic rings. The van der Waals surface area contributed by atoms with E-state index in [0.717, 1.165) is 40.9 Å². The Morgan fingerprint density at radius 2 is 0.737 bits per heavy atom. The predicted molar refractivity (Wildman–Crippen MR) is 304 cm³/mol. The molecular formula is C66H76O10. The van der Waals surface area contributed by atoms with Crippen molar-refractivity contribution in [1.82, 2.24) is 0 Å². The molecule has 0 amide bonds. The van der Waals surface area contributed by atoms with Gasteiger partial charge < -0.3 is 28.4 Å². The highest BCUT2D eigenvalue weighted by molar-refractivity contribution is 5.97. The first-order chi connectivity index (χ1) is 36.9. The van der Waals surface area contributed by atoms with Crippen molar-refractivity contribution in [3.63, 3.8) is 0 Å². The number of hydrogen-bond donors (Lipinski definition) is 0. The van der Waals surface area contributed by atoms with Crippen molar-refractivity contribution in [3.8, 4) is 34.5 Å². The monoisotopic (exact) mass is 1030 g/mol. The first-order valence-electron chi connectivity index (χ1n) is 27.3. The molecule has 0 aromatic heterocycles. The van der Waals surface area contributed by atoms with Crippen LogP contribution in [0.1, 0.15) is 173 Å². The second-order valence-corrected chi connectivity index (χ2v) is 19.6. The number of hydrogen-bond acceptors (Lipinski definition) is 10. The zero-order valence-corrected chi connectivity index (χ0v) is 45.5. The van der Waals surface area contributed by atoms with E-state index in [2.05, 4.69) is 13.8 Å². The maximum absolute atomic E-state index is 13.3. The second-order valence-electron chi connectivity index (χ2n) is 19.6. The van der Waals surface area contributed by atoms with Crippen LogP contribution >= 0.6 is 0 Å². The molecule has 0 aliphatic heterocycles. The Morgan fingerprint density at radius 1 is 0.382 bits per heavy atom. The molecule has 0 saturated carbocycles. The number of carbonyl (C=O) groups is 4. The summed E-state index contributed by atoms with van der Waals surface area (Å²) in [7, 11) is 0. The van der Waals surface area contributed by atoms with Crippen molar-refractivity contribution in [3.05, 3.63) is 166 Å². The van der Waals surface area contributed by atoms with E-state index in [4.69, 9.17) is 28.4 Å². The first-order valence-corrected chi connectivity index (χ1v) is 27.3. The summed E-state index contributed by atoms with van der Waals surface area (Å²) in [4.78, 5) is 52.8. The molecule has 6 rings (SSSR count). The lowest BCUT2D eigenvalue weighted by Gasteiger charge is -2.11. The zero-order chi connectivity index (χ0) is 54.1. The molecule has 400 valence electrons. The van der Waals surface area contributed by atoms with Crippen LogP contribution in [0, 0.1) is 13.8 Å². The lowest BCUT2D eigenvalue weighted by Crippen LogP contribution is -2.12. The third kappa shape index (κ3) is 19.0. The summed E-state index contributed by atoms with van der Waals surface area (Å²) in [5, 5.41) is 1.51. The van der Waals surface area contributed by atoms with Gasteiger partial charge in [-0.2, -0.15) is 0 Å². The molecule has 6 aromatic carbocycles. The van der Waals surface area contributed by atoms with E-state index < -0.39 is 23.9 Å². The first kappa shape index (κ1) is 57.8. The number of aryl methyl sites for hydroxylation is 2. The summed E-state index contributed by atoms with van der Waals surface area (Å²) in [5.41, 5.74) is 4.24. The predicted octanol–water partition coefficient (Wildman–Crippen LogP) is 17.0. The van der Waals surface area contributed by atoms with E-state index in [1.54, 1.807) is 113 Å². The van der Waals surface area contributed by atoms with E-state index in [1.807, 2.05) is 48.5 Å². The van der Waals surface area contributed by atoms with Gasteiger partial charge in [0.25, 0.3) is 0 Å². The quantitative estimate of drug-likeness (QED) is 0.0186. The topological polar surface area (TPSA) is 124 Å². The van der Waals surface area contributed by atoms with Crippen molar-refractivity contribution in [2.24, 2.45) is 0 Å². The Labute approximate surface area is 450 Å². The van der Waals surface area contributed by atoms with E-state index in [1.165, 1.54) is 89.9 Å². The van der Waals surface area contributed by atoms with Gasteiger partial charge in [0.15, 0.2) is 0 Å². The van der Waals surface area contributed by atoms with Gasteiger partial charge in [-0.1, -0.05) is 140 Å². The van der Waals surface area contributed by atoms with Crippen LogP contribution in [-0.2, 0) is 9.59 Å². The van der Waals surface area contributed by atoms with Gasteiger partial charge in [0, 0.05) is 11.1 Å². The van der Waals surface area contributed by atoms with Crippen LogP contribution in [0.25, 0.3) is 22.9 Å². The van der Waals surface area contributed by atoms with E-state index in [9.17, 15) is 19.2 Å². The van der Waals surface area contributed by atoms with Crippen molar-refractivity contribution in [2.75, 3.05) is 13.2 Å². The molecule has 0 unspecified atom stereocenters. The molecule has 0 N–H and O–H groups in total. The van der Waals surface area contributed by atoms with Gasteiger partial charge in [-0.15, -0.1) is 0 Å². The van der Waals surface area contributed by atoms with Crippen LogP contribution in [0.15, 0.2) is 132 Å². The lowest BCUT2D eigenvalue weighted by atomic mass is 10.1. The summed E-state index contributed by atoms with van der Waals surface area (Å²) in [6, 6.07) is 35.1. The molecule has 0 spiro atoms. The fraction of sp³-hybridized carbons (Fsp3) is 0.364. The highest BCUT2D eigenvalue weighted by Gasteiger charge is 2.17. The third-order valence-electron chi connectivity index (χ3n) is 13.1. The summed E-state index contributed by atoms with van der Waals surface area (Å²) in [6.07, 6.45) is 23.5.